The van der Waals surface area contributed by atoms with Crippen LogP contribution in [-0.4, -0.2) is 66.6 Å². The maximum Gasteiger partial charge on any atom is 0.0639 e. The second-order valence-corrected chi connectivity index (χ2v) is 6.22. The average molecular weight is 333 g/mol. The first kappa shape index (κ1) is 20.6. The molecule has 0 aliphatic heterocycles. The molecule has 1 aromatic rings. The van der Waals surface area contributed by atoms with Crippen LogP contribution in [0, 0.1) is 12.3 Å². The van der Waals surface area contributed by atoms with Gasteiger partial charge >= 0.3 is 0 Å². The van der Waals surface area contributed by atoms with Crippen molar-refractivity contribution in [1.29, 1.82) is 0 Å². The highest BCUT2D eigenvalue weighted by Crippen LogP contribution is 2.02. The summed E-state index contributed by atoms with van der Waals surface area (Å²) < 4.78 is 0. The zero-order valence-corrected chi connectivity index (χ0v) is 14.8. The molecule has 5 nitrogen and oxygen atoms in total. The Morgan fingerprint density at radius 1 is 1.04 bits per heavy atom. The predicted octanol–water partition coefficient (Wildman–Crippen LogP) is 0.411. The molecule has 1 aromatic carbocycles. The van der Waals surface area contributed by atoms with Crippen LogP contribution in [0.3, 0.4) is 0 Å². The number of terminal acetylenes is 1. The van der Waals surface area contributed by atoms with Gasteiger partial charge in [0.25, 0.3) is 0 Å². The molecular weight excluding hydrogens is 302 g/mol. The van der Waals surface area contributed by atoms with Gasteiger partial charge in [-0.25, -0.2) is 0 Å². The highest BCUT2D eigenvalue weighted by molar-refractivity contribution is 5.34. The van der Waals surface area contributed by atoms with Gasteiger partial charge in [-0.15, -0.1) is 6.42 Å². The summed E-state index contributed by atoms with van der Waals surface area (Å²) in [6.07, 6.45) is 4.67. The van der Waals surface area contributed by atoms with Crippen molar-refractivity contribution in [1.82, 2.24) is 15.5 Å². The van der Waals surface area contributed by atoms with Crippen LogP contribution in [0.5, 0.6) is 0 Å². The van der Waals surface area contributed by atoms with E-state index in [0.717, 1.165) is 38.3 Å². The molecule has 2 atom stereocenters. The quantitative estimate of drug-likeness (QED) is 0.330. The van der Waals surface area contributed by atoms with Crippen LogP contribution in [0.15, 0.2) is 24.3 Å². The SMILES string of the molecule is C#Cc1ccc(CNCCN(CCNC[C@H](C)O)C[C@H](C)O)cc1. The topological polar surface area (TPSA) is 67.8 Å². The number of aliphatic hydroxyl groups is 2. The zero-order valence-electron chi connectivity index (χ0n) is 14.8. The van der Waals surface area contributed by atoms with Gasteiger partial charge < -0.3 is 20.8 Å². The molecule has 0 unspecified atom stereocenters. The Hall–Kier alpha value is -1.42. The molecule has 5 heteroatoms. The zero-order chi connectivity index (χ0) is 17.8. The summed E-state index contributed by atoms with van der Waals surface area (Å²) in [4.78, 5) is 2.22. The molecule has 0 bridgehead atoms. The molecule has 134 valence electrons. The number of benzene rings is 1. The molecule has 0 heterocycles. The van der Waals surface area contributed by atoms with Crippen LogP contribution >= 0.6 is 0 Å². The number of hydrogen-bond acceptors (Lipinski definition) is 5. The fraction of sp³-hybridized carbons (Fsp3) is 0.579. The maximum atomic E-state index is 9.61. The fourth-order valence-corrected chi connectivity index (χ4v) is 2.40. The number of nitrogens with one attached hydrogen (secondary N) is 2. The van der Waals surface area contributed by atoms with E-state index in [2.05, 4.69) is 21.5 Å². The maximum absolute atomic E-state index is 9.61. The number of nitrogens with zero attached hydrogens (tertiary/aromatic N) is 1. The average Bonchev–Trinajstić information content (AvgIpc) is 2.55. The molecule has 0 aromatic heterocycles. The van der Waals surface area contributed by atoms with Gasteiger partial charge in [0.2, 0.25) is 0 Å². The Kier molecular flexibility index (Phi) is 10.3. The van der Waals surface area contributed by atoms with Crippen molar-refractivity contribution in [2.45, 2.75) is 32.6 Å². The Bertz CT molecular complexity index is 480. The summed E-state index contributed by atoms with van der Waals surface area (Å²) >= 11 is 0. The van der Waals surface area contributed by atoms with E-state index in [-0.39, 0.29) is 12.2 Å². The van der Waals surface area contributed by atoms with E-state index in [1.807, 2.05) is 24.3 Å². The van der Waals surface area contributed by atoms with Gasteiger partial charge in [0.05, 0.1) is 12.2 Å². The van der Waals surface area contributed by atoms with Crippen molar-refractivity contribution >= 4 is 0 Å². The monoisotopic (exact) mass is 333 g/mol. The van der Waals surface area contributed by atoms with E-state index in [0.29, 0.717) is 13.1 Å². The molecule has 0 aliphatic carbocycles. The lowest BCUT2D eigenvalue weighted by molar-refractivity contribution is 0.125. The van der Waals surface area contributed by atoms with Gasteiger partial charge in [0, 0.05) is 51.4 Å². The van der Waals surface area contributed by atoms with Crippen molar-refractivity contribution in [3.8, 4) is 12.3 Å². The molecule has 1 rings (SSSR count). The third-order valence-electron chi connectivity index (χ3n) is 3.62. The Morgan fingerprint density at radius 3 is 2.21 bits per heavy atom. The summed E-state index contributed by atoms with van der Waals surface area (Å²) in [6, 6.07) is 7.97. The first-order valence-electron chi connectivity index (χ1n) is 8.56. The molecule has 0 fully saturated rings. The normalized spacial score (nSPS) is 13.7. The van der Waals surface area contributed by atoms with Crippen LogP contribution in [0.1, 0.15) is 25.0 Å². The summed E-state index contributed by atoms with van der Waals surface area (Å²) in [6.45, 7) is 8.96. The van der Waals surface area contributed by atoms with E-state index in [1.165, 1.54) is 5.56 Å². The molecule has 0 amide bonds. The van der Waals surface area contributed by atoms with Gasteiger partial charge in [0.1, 0.15) is 0 Å². The van der Waals surface area contributed by atoms with Crippen molar-refractivity contribution in [3.05, 3.63) is 35.4 Å². The van der Waals surface area contributed by atoms with E-state index >= 15 is 0 Å². The fourth-order valence-electron chi connectivity index (χ4n) is 2.40. The minimum atomic E-state index is -0.349. The highest BCUT2D eigenvalue weighted by Gasteiger charge is 2.08. The van der Waals surface area contributed by atoms with E-state index < -0.39 is 0 Å². The van der Waals surface area contributed by atoms with Crippen molar-refractivity contribution < 1.29 is 10.2 Å². The van der Waals surface area contributed by atoms with Crippen molar-refractivity contribution in [2.24, 2.45) is 0 Å². The molecular formula is C19H31N3O2. The molecule has 0 radical (unpaired) electrons. The first-order chi connectivity index (χ1) is 11.5. The summed E-state index contributed by atoms with van der Waals surface area (Å²) in [5, 5.41) is 25.5. The lowest BCUT2D eigenvalue weighted by Crippen LogP contribution is -2.41. The van der Waals surface area contributed by atoms with Crippen molar-refractivity contribution in [2.75, 3.05) is 39.3 Å². The highest BCUT2D eigenvalue weighted by atomic mass is 16.3. The third kappa shape index (κ3) is 9.66. The van der Waals surface area contributed by atoms with Gasteiger partial charge in [0.15, 0.2) is 0 Å². The Morgan fingerprint density at radius 2 is 1.67 bits per heavy atom. The number of hydrogen-bond donors (Lipinski definition) is 4. The minimum Gasteiger partial charge on any atom is -0.392 e. The van der Waals surface area contributed by atoms with Crippen LogP contribution < -0.4 is 10.6 Å². The van der Waals surface area contributed by atoms with Crippen LogP contribution in [0.4, 0.5) is 0 Å². The molecule has 24 heavy (non-hydrogen) atoms. The molecule has 0 spiro atoms. The van der Waals surface area contributed by atoms with Crippen LogP contribution in [-0.2, 0) is 6.54 Å². The van der Waals surface area contributed by atoms with Crippen LogP contribution in [0.25, 0.3) is 0 Å². The molecule has 0 saturated carbocycles. The van der Waals surface area contributed by atoms with Gasteiger partial charge in [-0.1, -0.05) is 18.1 Å². The summed E-state index contributed by atoms with van der Waals surface area (Å²) in [5.74, 6) is 2.61. The number of aliphatic hydroxyl groups excluding tert-OH is 2. The van der Waals surface area contributed by atoms with E-state index in [4.69, 9.17) is 6.42 Å². The summed E-state index contributed by atoms with van der Waals surface area (Å²) in [5.41, 5.74) is 2.10. The smallest absolute Gasteiger partial charge is 0.0639 e. The van der Waals surface area contributed by atoms with Gasteiger partial charge in [-0.3, -0.25) is 4.90 Å². The van der Waals surface area contributed by atoms with Gasteiger partial charge in [-0.05, 0) is 31.5 Å². The van der Waals surface area contributed by atoms with Crippen LogP contribution in [0.2, 0.25) is 0 Å². The second kappa shape index (κ2) is 12.0. The molecule has 0 saturated heterocycles. The van der Waals surface area contributed by atoms with E-state index in [9.17, 15) is 10.2 Å². The third-order valence-corrected chi connectivity index (χ3v) is 3.62. The molecule has 4 N–H and O–H groups in total. The van der Waals surface area contributed by atoms with Gasteiger partial charge in [-0.2, -0.15) is 0 Å². The molecule has 0 aliphatic rings. The summed E-state index contributed by atoms with van der Waals surface area (Å²) in [7, 11) is 0. The standard InChI is InChI=1S/C19H31N3O2/c1-4-18-5-7-19(8-6-18)14-21-10-12-22(15-17(3)24)11-9-20-13-16(2)23/h1,5-8,16-17,20-21,23-24H,9-15H2,2-3H3/t16-,17-/m0/s1. The first-order valence-corrected chi connectivity index (χ1v) is 8.56. The van der Waals surface area contributed by atoms with E-state index in [1.54, 1.807) is 13.8 Å². The largest absolute Gasteiger partial charge is 0.392 e. The Labute approximate surface area is 146 Å². The number of rotatable bonds is 12. The Balaban J connectivity index is 2.26. The second-order valence-electron chi connectivity index (χ2n) is 6.22. The minimum absolute atomic E-state index is 0.335. The van der Waals surface area contributed by atoms with Crippen molar-refractivity contribution in [3.63, 3.8) is 0 Å². The lowest BCUT2D eigenvalue weighted by atomic mass is 10.1. The lowest BCUT2D eigenvalue weighted by Gasteiger charge is -2.24. The predicted molar refractivity (Wildman–Crippen MR) is 98.8 cm³/mol.